The first kappa shape index (κ1) is 15.1. The predicted molar refractivity (Wildman–Crippen MR) is 80.7 cm³/mol. The molecule has 0 bridgehead atoms. The lowest BCUT2D eigenvalue weighted by atomic mass is 10.1. The van der Waals surface area contributed by atoms with Crippen molar-refractivity contribution >= 4 is 18.0 Å². The summed E-state index contributed by atoms with van der Waals surface area (Å²) < 4.78 is 4.80. The third-order valence-electron chi connectivity index (χ3n) is 3.87. The van der Waals surface area contributed by atoms with Crippen LogP contribution in [0.1, 0.15) is 47.6 Å². The Balaban J connectivity index is 2.48. The monoisotopic (exact) mass is 288 g/mol. The molecule has 1 aliphatic rings. The summed E-state index contributed by atoms with van der Waals surface area (Å²) in [5, 5.41) is 2.86. The van der Waals surface area contributed by atoms with Gasteiger partial charge in [0.05, 0.1) is 12.7 Å². The molecule has 0 unspecified atom stereocenters. The molecule has 0 radical (unpaired) electrons. The number of nitrogens with one attached hydrogen (secondary N) is 2. The fraction of sp³-hybridized carbons (Fsp3) is 0.375. The topological polar surface area (TPSA) is 71.2 Å². The van der Waals surface area contributed by atoms with E-state index in [0.717, 1.165) is 40.2 Å². The number of methoxy groups -OCH3 is 1. The molecule has 0 aromatic carbocycles. The number of H-pyrrole nitrogens is 1. The van der Waals surface area contributed by atoms with Crippen LogP contribution in [-0.4, -0.2) is 24.0 Å². The first-order chi connectivity index (χ1) is 9.90. The highest BCUT2D eigenvalue weighted by molar-refractivity contribution is 6.01. The number of aromatic nitrogens is 1. The van der Waals surface area contributed by atoms with Crippen LogP contribution in [0, 0.1) is 13.8 Å². The number of aromatic amines is 1. The molecule has 1 aromatic heterocycles. The second kappa shape index (κ2) is 5.60. The van der Waals surface area contributed by atoms with Crippen LogP contribution in [0.3, 0.4) is 0 Å². The summed E-state index contributed by atoms with van der Waals surface area (Å²) in [7, 11) is 1.37. The van der Waals surface area contributed by atoms with Gasteiger partial charge < -0.3 is 15.0 Å². The Morgan fingerprint density at radius 1 is 1.29 bits per heavy atom. The van der Waals surface area contributed by atoms with Gasteiger partial charge in [0.15, 0.2) is 0 Å². The molecule has 1 aromatic rings. The molecule has 112 valence electrons. The fourth-order valence-corrected chi connectivity index (χ4v) is 2.68. The molecule has 0 atom stereocenters. The summed E-state index contributed by atoms with van der Waals surface area (Å²) in [4.78, 5) is 26.7. The van der Waals surface area contributed by atoms with Crippen LogP contribution in [-0.2, 0) is 9.53 Å². The third-order valence-corrected chi connectivity index (χ3v) is 3.87. The minimum atomic E-state index is -0.358. The molecule has 2 N–H and O–H groups in total. The summed E-state index contributed by atoms with van der Waals surface area (Å²) >= 11 is 0. The minimum Gasteiger partial charge on any atom is -0.465 e. The van der Waals surface area contributed by atoms with Crippen molar-refractivity contribution in [2.75, 3.05) is 7.11 Å². The van der Waals surface area contributed by atoms with E-state index in [1.165, 1.54) is 7.11 Å². The van der Waals surface area contributed by atoms with E-state index in [0.29, 0.717) is 5.56 Å². The van der Waals surface area contributed by atoms with Crippen molar-refractivity contribution in [2.24, 2.45) is 0 Å². The van der Waals surface area contributed by atoms with Gasteiger partial charge in [-0.05, 0) is 44.4 Å². The summed E-state index contributed by atoms with van der Waals surface area (Å²) in [5.74, 6) is -0.420. The van der Waals surface area contributed by atoms with E-state index in [4.69, 9.17) is 4.74 Å². The number of aryl methyl sites for hydroxylation is 1. The van der Waals surface area contributed by atoms with Gasteiger partial charge in [-0.2, -0.15) is 0 Å². The van der Waals surface area contributed by atoms with Crippen molar-refractivity contribution < 1.29 is 14.3 Å². The molecule has 21 heavy (non-hydrogen) atoms. The standard InChI is InChI=1S/C16H20N2O3/c1-6-11-8(2)15(19)18-13(11)7-12-9(3)14(10(4)17-12)16(20)21-5/h7,17H,6H2,1-5H3,(H,18,19)/b13-7-. The number of rotatable bonds is 3. The fourth-order valence-electron chi connectivity index (χ4n) is 2.68. The van der Waals surface area contributed by atoms with Crippen LogP contribution in [0.25, 0.3) is 6.08 Å². The first-order valence-corrected chi connectivity index (χ1v) is 6.91. The van der Waals surface area contributed by atoms with Crippen molar-refractivity contribution in [1.82, 2.24) is 10.3 Å². The third kappa shape index (κ3) is 2.51. The Morgan fingerprint density at radius 2 is 1.95 bits per heavy atom. The first-order valence-electron chi connectivity index (χ1n) is 6.91. The van der Waals surface area contributed by atoms with Gasteiger partial charge in [0, 0.05) is 22.7 Å². The van der Waals surface area contributed by atoms with Gasteiger partial charge in [-0.3, -0.25) is 4.79 Å². The van der Waals surface area contributed by atoms with E-state index < -0.39 is 0 Å². The van der Waals surface area contributed by atoms with Crippen LogP contribution in [0.15, 0.2) is 16.8 Å². The minimum absolute atomic E-state index is 0.0628. The Kier molecular flexibility index (Phi) is 4.02. The number of esters is 1. The zero-order chi connectivity index (χ0) is 15.7. The summed E-state index contributed by atoms with van der Waals surface area (Å²) in [5.41, 5.74) is 5.48. The van der Waals surface area contributed by atoms with E-state index in [-0.39, 0.29) is 11.9 Å². The largest absolute Gasteiger partial charge is 0.465 e. The molecule has 0 aliphatic carbocycles. The maximum Gasteiger partial charge on any atom is 0.339 e. The van der Waals surface area contributed by atoms with E-state index >= 15 is 0 Å². The van der Waals surface area contributed by atoms with Gasteiger partial charge >= 0.3 is 5.97 Å². The van der Waals surface area contributed by atoms with Crippen molar-refractivity contribution in [1.29, 1.82) is 0 Å². The summed E-state index contributed by atoms with van der Waals surface area (Å²) in [6.45, 7) is 7.53. The second-order valence-corrected chi connectivity index (χ2v) is 5.12. The molecular weight excluding hydrogens is 268 g/mol. The van der Waals surface area contributed by atoms with Crippen LogP contribution in [0.5, 0.6) is 0 Å². The highest BCUT2D eigenvalue weighted by Crippen LogP contribution is 2.27. The molecule has 1 aliphatic heterocycles. The van der Waals surface area contributed by atoms with Crippen molar-refractivity contribution in [3.63, 3.8) is 0 Å². The quantitative estimate of drug-likeness (QED) is 0.840. The molecule has 1 amide bonds. The average Bonchev–Trinajstić information content (AvgIpc) is 2.87. The maximum atomic E-state index is 11.8. The molecule has 0 fully saturated rings. The molecule has 0 saturated heterocycles. The van der Waals surface area contributed by atoms with Gasteiger partial charge in [0.25, 0.3) is 5.91 Å². The van der Waals surface area contributed by atoms with Gasteiger partial charge in [-0.25, -0.2) is 4.79 Å². The molecule has 2 rings (SSSR count). The highest BCUT2D eigenvalue weighted by atomic mass is 16.5. The second-order valence-electron chi connectivity index (χ2n) is 5.12. The molecule has 2 heterocycles. The summed E-state index contributed by atoms with van der Waals surface area (Å²) in [6, 6.07) is 0. The zero-order valence-corrected chi connectivity index (χ0v) is 13.0. The summed E-state index contributed by atoms with van der Waals surface area (Å²) in [6.07, 6.45) is 2.65. The van der Waals surface area contributed by atoms with Crippen LogP contribution in [0.2, 0.25) is 0 Å². The van der Waals surface area contributed by atoms with Gasteiger partial charge in [-0.15, -0.1) is 0 Å². The number of amides is 1. The van der Waals surface area contributed by atoms with Crippen molar-refractivity contribution in [3.05, 3.63) is 39.4 Å². The number of carbonyl (C=O) groups excluding carboxylic acids is 2. The number of ether oxygens (including phenoxy) is 1. The van der Waals surface area contributed by atoms with Crippen molar-refractivity contribution in [2.45, 2.75) is 34.1 Å². The number of hydrogen-bond acceptors (Lipinski definition) is 3. The van der Waals surface area contributed by atoms with E-state index in [9.17, 15) is 9.59 Å². The number of allylic oxidation sites excluding steroid dienone is 1. The molecule has 0 saturated carbocycles. The van der Waals surface area contributed by atoms with Gasteiger partial charge in [-0.1, -0.05) is 6.92 Å². The maximum absolute atomic E-state index is 11.8. The zero-order valence-electron chi connectivity index (χ0n) is 13.0. The van der Waals surface area contributed by atoms with Gasteiger partial charge in [0.1, 0.15) is 0 Å². The molecule has 5 heteroatoms. The van der Waals surface area contributed by atoms with E-state index in [2.05, 4.69) is 10.3 Å². The predicted octanol–water partition coefficient (Wildman–Crippen LogP) is 2.62. The van der Waals surface area contributed by atoms with Crippen LogP contribution < -0.4 is 5.32 Å². The van der Waals surface area contributed by atoms with E-state index in [1.807, 2.05) is 33.8 Å². The highest BCUT2D eigenvalue weighted by Gasteiger charge is 2.24. The normalized spacial score (nSPS) is 16.6. The van der Waals surface area contributed by atoms with Gasteiger partial charge in [0.2, 0.25) is 0 Å². The lowest BCUT2D eigenvalue weighted by molar-refractivity contribution is -0.116. The smallest absolute Gasteiger partial charge is 0.339 e. The average molecular weight is 288 g/mol. The van der Waals surface area contributed by atoms with Crippen molar-refractivity contribution in [3.8, 4) is 0 Å². The Bertz CT molecular complexity index is 678. The Morgan fingerprint density at radius 3 is 2.52 bits per heavy atom. The van der Waals surface area contributed by atoms with E-state index in [1.54, 1.807) is 0 Å². The molecular formula is C16H20N2O3. The lowest BCUT2D eigenvalue weighted by Gasteiger charge is -2.03. The molecule has 0 spiro atoms. The number of hydrogen-bond donors (Lipinski definition) is 2. The number of carbonyl (C=O) groups is 2. The lowest BCUT2D eigenvalue weighted by Crippen LogP contribution is -2.15. The van der Waals surface area contributed by atoms with Crippen LogP contribution in [0.4, 0.5) is 0 Å². The SMILES string of the molecule is CCC1=C(C)C(=O)N/C1=C\c1[nH]c(C)c(C(=O)OC)c1C. The molecule has 5 nitrogen and oxygen atoms in total. The van der Waals surface area contributed by atoms with Crippen LogP contribution >= 0.6 is 0 Å². The Labute approximate surface area is 124 Å². The Hall–Kier alpha value is -2.30.